The maximum absolute atomic E-state index is 11.2. The van der Waals surface area contributed by atoms with E-state index in [1.54, 1.807) is 23.2 Å². The Labute approximate surface area is 153 Å². The summed E-state index contributed by atoms with van der Waals surface area (Å²) in [6.45, 7) is 7.88. The first kappa shape index (κ1) is 19.1. The number of carbonyl (C=O) groups is 1. The summed E-state index contributed by atoms with van der Waals surface area (Å²) in [5.74, 6) is 0.333. The highest BCUT2D eigenvalue weighted by Gasteiger charge is 2.14. The van der Waals surface area contributed by atoms with E-state index >= 15 is 0 Å². The number of imidazole rings is 1. The number of pyridine rings is 1. The lowest BCUT2D eigenvalue weighted by atomic mass is 10.1. The lowest BCUT2D eigenvalue weighted by molar-refractivity contribution is 0.0831. The fourth-order valence-electron chi connectivity index (χ4n) is 2.10. The predicted molar refractivity (Wildman–Crippen MR) is 98.8 cm³/mol. The Hall–Kier alpha value is -1.21. The Morgan fingerprint density at radius 3 is 2.50 bits per heavy atom. The van der Waals surface area contributed by atoms with Gasteiger partial charge in [0.15, 0.2) is 12.1 Å². The van der Waals surface area contributed by atoms with Crippen molar-refractivity contribution in [3.63, 3.8) is 0 Å². The van der Waals surface area contributed by atoms with Crippen LogP contribution in [0.1, 0.15) is 21.9 Å². The van der Waals surface area contributed by atoms with Crippen LogP contribution in [0.5, 0.6) is 0 Å². The molecule has 0 aliphatic rings. The third-order valence-electron chi connectivity index (χ3n) is 3.50. The van der Waals surface area contributed by atoms with Gasteiger partial charge in [0.1, 0.15) is 6.73 Å². The number of halogens is 2. The van der Waals surface area contributed by atoms with Gasteiger partial charge in [-0.15, -0.1) is 0 Å². The van der Waals surface area contributed by atoms with Crippen LogP contribution < -0.4 is 0 Å². The molecule has 0 amide bonds. The third kappa shape index (κ3) is 5.41. The van der Waals surface area contributed by atoms with Gasteiger partial charge in [-0.2, -0.15) is 0 Å². The zero-order valence-corrected chi connectivity index (χ0v) is 16.6. The van der Waals surface area contributed by atoms with Gasteiger partial charge in [0, 0.05) is 39.7 Å². The number of nitrogens with zero attached hydrogens (tertiary/aromatic N) is 3. The van der Waals surface area contributed by atoms with Crippen molar-refractivity contribution in [2.24, 2.45) is 0 Å². The second-order valence-corrected chi connectivity index (χ2v) is 13.2. The van der Waals surface area contributed by atoms with Crippen LogP contribution in [-0.4, -0.2) is 35.5 Å². The van der Waals surface area contributed by atoms with E-state index in [4.69, 9.17) is 27.9 Å². The molecule has 0 aromatic carbocycles. The summed E-state index contributed by atoms with van der Waals surface area (Å²) >= 11 is 12.3. The first-order valence-corrected chi connectivity index (χ1v) is 12.1. The van der Waals surface area contributed by atoms with Gasteiger partial charge >= 0.3 is 0 Å². The summed E-state index contributed by atoms with van der Waals surface area (Å²) in [7, 11) is -1.13. The summed E-state index contributed by atoms with van der Waals surface area (Å²) in [5, 5.41) is 0.965. The first-order chi connectivity index (χ1) is 11.3. The number of hydrogen-bond donors (Lipinski definition) is 0. The fraction of sp³-hybridized carbons (Fsp3) is 0.438. The van der Waals surface area contributed by atoms with Crippen molar-refractivity contribution in [3.05, 3.63) is 45.7 Å². The van der Waals surface area contributed by atoms with E-state index in [1.165, 1.54) is 0 Å². The van der Waals surface area contributed by atoms with E-state index in [-0.39, 0.29) is 0 Å². The molecular formula is C16H21Cl2N3O2Si. The molecule has 5 nitrogen and oxygen atoms in total. The molecule has 2 rings (SSSR count). The van der Waals surface area contributed by atoms with Crippen molar-refractivity contribution >= 4 is 37.6 Å². The number of aldehydes is 1. The summed E-state index contributed by atoms with van der Waals surface area (Å²) < 4.78 is 7.39. The van der Waals surface area contributed by atoms with E-state index in [2.05, 4.69) is 29.6 Å². The van der Waals surface area contributed by atoms with Gasteiger partial charge in [-0.25, -0.2) is 4.98 Å². The second kappa shape index (κ2) is 8.25. The topological polar surface area (TPSA) is 57.0 Å². The largest absolute Gasteiger partial charge is 0.361 e. The molecule has 0 bridgehead atoms. The molecule has 0 aliphatic heterocycles. The van der Waals surface area contributed by atoms with Gasteiger partial charge < -0.3 is 9.30 Å². The van der Waals surface area contributed by atoms with Crippen molar-refractivity contribution < 1.29 is 9.53 Å². The predicted octanol–water partition coefficient (Wildman–Crippen LogP) is 4.30. The third-order valence-corrected chi connectivity index (χ3v) is 5.86. The van der Waals surface area contributed by atoms with Crippen LogP contribution in [0.25, 0.3) is 0 Å². The monoisotopic (exact) mass is 385 g/mol. The smallest absolute Gasteiger partial charge is 0.185 e. The number of rotatable bonds is 8. The van der Waals surface area contributed by atoms with Gasteiger partial charge in [0.2, 0.25) is 0 Å². The average Bonchev–Trinajstić information content (AvgIpc) is 2.89. The molecule has 0 aliphatic carbocycles. The molecule has 0 unspecified atom stereocenters. The van der Waals surface area contributed by atoms with E-state index in [1.807, 2.05) is 0 Å². The summed E-state index contributed by atoms with van der Waals surface area (Å²) in [5.41, 5.74) is 1.45. The Morgan fingerprint density at radius 2 is 1.92 bits per heavy atom. The molecule has 0 atom stereocenters. The molecule has 0 saturated carbocycles. The molecule has 0 fully saturated rings. The van der Waals surface area contributed by atoms with Crippen molar-refractivity contribution in [3.8, 4) is 0 Å². The first-order valence-electron chi connectivity index (χ1n) is 7.67. The molecule has 0 saturated heterocycles. The molecule has 130 valence electrons. The van der Waals surface area contributed by atoms with E-state index < -0.39 is 8.07 Å². The van der Waals surface area contributed by atoms with Crippen LogP contribution in [0.2, 0.25) is 35.7 Å². The number of aromatic nitrogens is 3. The van der Waals surface area contributed by atoms with Crippen molar-refractivity contribution in [2.45, 2.75) is 38.8 Å². The van der Waals surface area contributed by atoms with Gasteiger partial charge in [-0.05, 0) is 11.6 Å². The van der Waals surface area contributed by atoms with Crippen LogP contribution >= 0.6 is 23.2 Å². The highest BCUT2D eigenvalue weighted by atomic mass is 35.5. The van der Waals surface area contributed by atoms with Crippen LogP contribution in [0.15, 0.2) is 18.6 Å². The minimum absolute atomic E-state index is 0.309. The maximum Gasteiger partial charge on any atom is 0.185 e. The Kier molecular flexibility index (Phi) is 6.57. The van der Waals surface area contributed by atoms with Crippen molar-refractivity contribution in [2.75, 3.05) is 6.61 Å². The zero-order valence-electron chi connectivity index (χ0n) is 14.1. The molecule has 2 aromatic rings. The number of ether oxygens (including phenoxy) is 1. The van der Waals surface area contributed by atoms with Crippen LogP contribution in [0, 0.1) is 0 Å². The lowest BCUT2D eigenvalue weighted by Gasteiger charge is -2.15. The van der Waals surface area contributed by atoms with Gasteiger partial charge in [0.25, 0.3) is 0 Å². The Bertz CT molecular complexity index is 694. The fourth-order valence-corrected chi connectivity index (χ4v) is 3.35. The van der Waals surface area contributed by atoms with Crippen LogP contribution in [0.3, 0.4) is 0 Å². The molecule has 0 N–H and O–H groups in total. The minimum Gasteiger partial charge on any atom is -0.361 e. The minimum atomic E-state index is -1.13. The zero-order chi connectivity index (χ0) is 17.7. The van der Waals surface area contributed by atoms with Crippen molar-refractivity contribution in [1.29, 1.82) is 0 Å². The molecule has 2 aromatic heterocycles. The Morgan fingerprint density at radius 1 is 1.25 bits per heavy atom. The van der Waals surface area contributed by atoms with E-state index in [9.17, 15) is 4.79 Å². The highest BCUT2D eigenvalue weighted by Crippen LogP contribution is 2.25. The average molecular weight is 386 g/mol. The number of carbonyl (C=O) groups excluding carboxylic acids is 1. The molecule has 2 heterocycles. The number of hydrogen-bond acceptors (Lipinski definition) is 4. The Balaban J connectivity index is 2.06. The molecule has 8 heteroatoms. The van der Waals surface area contributed by atoms with Gasteiger partial charge in [-0.1, -0.05) is 42.8 Å². The standard InChI is InChI=1S/C16H21Cl2N3O2Si/c1-24(2,3)5-4-23-11-21-9-12(20-16(21)10-22)6-13-14(17)7-19-8-15(13)18/h7-10H,4-6,11H2,1-3H3. The molecule has 24 heavy (non-hydrogen) atoms. The molecule has 0 radical (unpaired) electrons. The van der Waals surface area contributed by atoms with Crippen LogP contribution in [-0.2, 0) is 17.9 Å². The maximum atomic E-state index is 11.2. The van der Waals surface area contributed by atoms with Gasteiger partial charge in [0.05, 0.1) is 15.7 Å². The normalized spacial score (nSPS) is 11.7. The highest BCUT2D eigenvalue weighted by molar-refractivity contribution is 6.76. The quantitative estimate of drug-likeness (QED) is 0.386. The van der Waals surface area contributed by atoms with Gasteiger partial charge in [-0.3, -0.25) is 9.78 Å². The van der Waals surface area contributed by atoms with Crippen LogP contribution in [0.4, 0.5) is 0 Å². The summed E-state index contributed by atoms with van der Waals surface area (Å²) in [4.78, 5) is 19.5. The SMILES string of the molecule is C[Si](C)(C)CCOCn1cc(Cc2c(Cl)cncc2Cl)nc1C=O. The van der Waals surface area contributed by atoms with E-state index in [0.717, 1.165) is 17.9 Å². The molecular weight excluding hydrogens is 365 g/mol. The second-order valence-electron chi connectivity index (χ2n) is 6.78. The summed E-state index contributed by atoms with van der Waals surface area (Å²) in [6.07, 6.45) is 6.04. The van der Waals surface area contributed by atoms with Crippen molar-refractivity contribution in [1.82, 2.24) is 14.5 Å². The molecule has 0 spiro atoms. The van der Waals surface area contributed by atoms with E-state index in [0.29, 0.717) is 41.3 Å². The lowest BCUT2D eigenvalue weighted by Crippen LogP contribution is -2.22. The summed E-state index contributed by atoms with van der Waals surface area (Å²) in [6, 6.07) is 1.08.